The van der Waals surface area contributed by atoms with E-state index in [2.05, 4.69) is 4.74 Å². The number of carbonyl (C=O) groups excluding carboxylic acids is 1. The Hall–Kier alpha value is -1.36. The third-order valence-corrected chi connectivity index (χ3v) is 5.18. The summed E-state index contributed by atoms with van der Waals surface area (Å²) in [5.74, 6) is -7.50. The molecule has 0 heterocycles. The number of carboxylic acid groups (broad SMARTS) is 1. The molecule has 7 nitrogen and oxygen atoms in total. The molecule has 2 N–H and O–H groups in total. The molecule has 0 aromatic rings. The monoisotopic (exact) mass is 360 g/mol. The third-order valence-electron chi connectivity index (χ3n) is 4.46. The normalized spacial score (nSPS) is 31.8. The van der Waals surface area contributed by atoms with Gasteiger partial charge in [-0.3, -0.25) is 14.1 Å². The Kier molecular flexibility index (Phi) is 4.64. The van der Waals surface area contributed by atoms with Gasteiger partial charge in [-0.25, -0.2) is 0 Å². The summed E-state index contributed by atoms with van der Waals surface area (Å²) in [6.45, 7) is 0. The van der Waals surface area contributed by atoms with Crippen LogP contribution < -0.4 is 0 Å². The molecular weight excluding hydrogens is 345 g/mol. The molecule has 0 aromatic heterocycles. The average molecular weight is 360 g/mol. The molecule has 0 amide bonds. The molecule has 0 saturated heterocycles. The van der Waals surface area contributed by atoms with Crippen LogP contribution in [-0.2, 0) is 24.4 Å². The van der Waals surface area contributed by atoms with E-state index >= 15 is 0 Å². The smallest absolute Gasteiger partial charge is 0.426 e. The highest BCUT2D eigenvalue weighted by Gasteiger charge is 2.56. The standard InChI is InChI=1S/C12H15F3O7S/c13-12(14,15)7(4-23(19,20)21)22-11(18)9-6-2-1-5(3-6)8(9)10(16)17/h5-9H,1-4H2,(H,16,17)(H,19,20,21). The summed E-state index contributed by atoms with van der Waals surface area (Å²) in [6, 6.07) is 0. The number of rotatable bonds is 5. The second-order valence-corrected chi connectivity index (χ2v) is 7.44. The Morgan fingerprint density at radius 3 is 2.13 bits per heavy atom. The molecule has 23 heavy (non-hydrogen) atoms. The van der Waals surface area contributed by atoms with Gasteiger partial charge in [0.15, 0.2) is 0 Å². The summed E-state index contributed by atoms with van der Waals surface area (Å²) >= 11 is 0. The molecule has 0 aliphatic heterocycles. The highest BCUT2D eigenvalue weighted by molar-refractivity contribution is 7.85. The van der Waals surface area contributed by atoms with E-state index < -0.39 is 51.9 Å². The van der Waals surface area contributed by atoms with Crippen molar-refractivity contribution in [1.82, 2.24) is 0 Å². The zero-order valence-corrected chi connectivity index (χ0v) is 12.5. The molecule has 2 fully saturated rings. The van der Waals surface area contributed by atoms with Crippen molar-refractivity contribution in [2.45, 2.75) is 31.5 Å². The molecule has 5 unspecified atom stereocenters. The summed E-state index contributed by atoms with van der Waals surface area (Å²) < 4.78 is 72.4. The molecular formula is C12H15F3O7S. The van der Waals surface area contributed by atoms with Crippen molar-refractivity contribution in [3.05, 3.63) is 0 Å². The van der Waals surface area contributed by atoms with Crippen LogP contribution in [0.2, 0.25) is 0 Å². The van der Waals surface area contributed by atoms with Gasteiger partial charge in [-0.05, 0) is 31.1 Å². The summed E-state index contributed by atoms with van der Waals surface area (Å²) in [6.07, 6.45) is -6.70. The topological polar surface area (TPSA) is 118 Å². The van der Waals surface area contributed by atoms with Crippen molar-refractivity contribution in [3.8, 4) is 0 Å². The molecule has 2 rings (SSSR count). The predicted octanol–water partition coefficient (Wildman–Crippen LogP) is 1.10. The minimum absolute atomic E-state index is 0.291. The Labute approximate surface area is 129 Å². The Bertz CT molecular complexity index is 600. The number of hydrogen-bond donors (Lipinski definition) is 2. The van der Waals surface area contributed by atoms with E-state index in [1.165, 1.54) is 0 Å². The van der Waals surface area contributed by atoms with E-state index in [0.29, 0.717) is 19.3 Å². The Morgan fingerprint density at radius 2 is 1.70 bits per heavy atom. The average Bonchev–Trinajstić information content (AvgIpc) is 2.94. The number of fused-ring (bicyclic) bond motifs is 2. The molecule has 2 aliphatic carbocycles. The van der Waals surface area contributed by atoms with E-state index in [1.807, 2.05) is 0 Å². The molecule has 0 spiro atoms. The minimum atomic E-state index is -5.19. The van der Waals surface area contributed by atoms with Gasteiger partial charge in [0.1, 0.15) is 5.75 Å². The van der Waals surface area contributed by atoms with Crippen LogP contribution in [-0.4, -0.2) is 48.0 Å². The largest absolute Gasteiger partial charge is 0.481 e. The Morgan fingerprint density at radius 1 is 1.17 bits per heavy atom. The fourth-order valence-electron chi connectivity index (χ4n) is 3.59. The highest BCUT2D eigenvalue weighted by atomic mass is 32.2. The Balaban J connectivity index is 2.17. The van der Waals surface area contributed by atoms with Crippen molar-refractivity contribution in [2.24, 2.45) is 23.7 Å². The van der Waals surface area contributed by atoms with Crippen LogP contribution in [0, 0.1) is 23.7 Å². The van der Waals surface area contributed by atoms with Crippen LogP contribution in [0.1, 0.15) is 19.3 Å². The van der Waals surface area contributed by atoms with Gasteiger partial charge >= 0.3 is 18.1 Å². The van der Waals surface area contributed by atoms with Crippen LogP contribution in [0.15, 0.2) is 0 Å². The molecule has 11 heteroatoms. The minimum Gasteiger partial charge on any atom is -0.481 e. The number of halogens is 3. The quantitative estimate of drug-likeness (QED) is 0.557. The van der Waals surface area contributed by atoms with E-state index in [4.69, 9.17) is 9.66 Å². The number of carbonyl (C=O) groups is 2. The maximum absolute atomic E-state index is 12.8. The molecule has 0 aromatic carbocycles. The number of aliphatic carboxylic acids is 1. The molecule has 5 atom stereocenters. The third kappa shape index (κ3) is 3.94. The van der Waals surface area contributed by atoms with Gasteiger partial charge in [0.25, 0.3) is 10.1 Å². The van der Waals surface area contributed by atoms with E-state index in [1.54, 1.807) is 0 Å². The van der Waals surface area contributed by atoms with Crippen molar-refractivity contribution in [1.29, 1.82) is 0 Å². The zero-order chi connectivity index (χ0) is 17.6. The van der Waals surface area contributed by atoms with Gasteiger partial charge in [-0.15, -0.1) is 0 Å². The zero-order valence-electron chi connectivity index (χ0n) is 11.7. The summed E-state index contributed by atoms with van der Waals surface area (Å²) in [5, 5.41) is 9.17. The summed E-state index contributed by atoms with van der Waals surface area (Å²) in [4.78, 5) is 23.3. The van der Waals surface area contributed by atoms with E-state index in [9.17, 15) is 31.2 Å². The fourth-order valence-corrected chi connectivity index (χ4v) is 4.23. The first-order chi connectivity index (χ1) is 10.4. The SMILES string of the molecule is O=C(O)C1C2CCC(C2)C1C(=O)OC(CS(=O)(=O)O)C(F)(F)F. The van der Waals surface area contributed by atoms with Crippen LogP contribution in [0.3, 0.4) is 0 Å². The number of carboxylic acids is 1. The van der Waals surface area contributed by atoms with Crippen molar-refractivity contribution >= 4 is 22.1 Å². The van der Waals surface area contributed by atoms with Crippen LogP contribution in [0.25, 0.3) is 0 Å². The number of alkyl halides is 3. The van der Waals surface area contributed by atoms with Crippen LogP contribution in [0.4, 0.5) is 13.2 Å². The molecule has 0 radical (unpaired) electrons. The molecule has 2 saturated carbocycles. The number of hydrogen-bond acceptors (Lipinski definition) is 5. The second kappa shape index (κ2) is 5.93. The van der Waals surface area contributed by atoms with Crippen LogP contribution in [0.5, 0.6) is 0 Å². The molecule has 2 bridgehead atoms. The maximum atomic E-state index is 12.8. The fraction of sp³-hybridized carbons (Fsp3) is 0.833. The first kappa shape index (κ1) is 18.0. The number of ether oxygens (including phenoxy) is 1. The van der Waals surface area contributed by atoms with Gasteiger partial charge in [-0.2, -0.15) is 21.6 Å². The lowest BCUT2D eigenvalue weighted by molar-refractivity contribution is -0.219. The van der Waals surface area contributed by atoms with Gasteiger partial charge in [0, 0.05) is 0 Å². The summed E-state index contributed by atoms with van der Waals surface area (Å²) in [7, 11) is -5.03. The lowest BCUT2D eigenvalue weighted by Gasteiger charge is -2.28. The van der Waals surface area contributed by atoms with Gasteiger partial charge in [0.05, 0.1) is 11.8 Å². The lowest BCUT2D eigenvalue weighted by atomic mass is 9.79. The van der Waals surface area contributed by atoms with E-state index in [-0.39, 0.29) is 11.8 Å². The first-order valence-corrected chi connectivity index (χ1v) is 8.46. The van der Waals surface area contributed by atoms with Crippen molar-refractivity contribution < 1.29 is 45.6 Å². The van der Waals surface area contributed by atoms with Gasteiger partial charge in [0.2, 0.25) is 6.10 Å². The number of esters is 1. The predicted molar refractivity (Wildman–Crippen MR) is 67.8 cm³/mol. The van der Waals surface area contributed by atoms with Crippen molar-refractivity contribution in [2.75, 3.05) is 5.75 Å². The molecule has 132 valence electrons. The first-order valence-electron chi connectivity index (χ1n) is 6.85. The molecule has 2 aliphatic rings. The lowest BCUT2D eigenvalue weighted by Crippen LogP contribution is -2.43. The summed E-state index contributed by atoms with van der Waals surface area (Å²) in [5.41, 5.74) is 0. The van der Waals surface area contributed by atoms with E-state index in [0.717, 1.165) is 0 Å². The van der Waals surface area contributed by atoms with Crippen LogP contribution >= 0.6 is 0 Å². The highest BCUT2D eigenvalue weighted by Crippen LogP contribution is 2.53. The second-order valence-electron chi connectivity index (χ2n) is 5.94. The van der Waals surface area contributed by atoms with Gasteiger partial charge in [-0.1, -0.05) is 0 Å². The maximum Gasteiger partial charge on any atom is 0.426 e. The van der Waals surface area contributed by atoms with Gasteiger partial charge < -0.3 is 9.84 Å². The van der Waals surface area contributed by atoms with Crippen molar-refractivity contribution in [3.63, 3.8) is 0 Å².